The number of carbonyl (C=O) groups excluding carboxylic acids is 1. The average molecular weight is 443 g/mol. The first-order chi connectivity index (χ1) is 14.4. The summed E-state index contributed by atoms with van der Waals surface area (Å²) in [6, 6.07) is 20.0. The Labute approximate surface area is 180 Å². The van der Waals surface area contributed by atoms with Gasteiger partial charge in [-0.3, -0.25) is 9.52 Å². The number of nitrogens with one attached hydrogen (secondary N) is 2. The van der Waals surface area contributed by atoms with Crippen LogP contribution in [0.4, 0.5) is 11.4 Å². The van der Waals surface area contributed by atoms with Crippen LogP contribution in [0, 0.1) is 0 Å². The second kappa shape index (κ2) is 9.47. The third-order valence-electron chi connectivity index (χ3n) is 4.09. The van der Waals surface area contributed by atoms with Crippen LogP contribution in [0.2, 0.25) is 5.02 Å². The van der Waals surface area contributed by atoms with Crippen LogP contribution in [-0.2, 0) is 10.0 Å². The van der Waals surface area contributed by atoms with Crippen LogP contribution in [-0.4, -0.2) is 21.4 Å². The van der Waals surface area contributed by atoms with Gasteiger partial charge in [0.15, 0.2) is 0 Å². The van der Waals surface area contributed by atoms with E-state index in [1.807, 2.05) is 0 Å². The van der Waals surface area contributed by atoms with Crippen molar-refractivity contribution in [3.8, 4) is 5.75 Å². The zero-order valence-electron chi connectivity index (χ0n) is 16.0. The number of hydrogen-bond acceptors (Lipinski definition) is 4. The second-order valence-corrected chi connectivity index (χ2v) is 8.20. The summed E-state index contributed by atoms with van der Waals surface area (Å²) in [5, 5.41) is 4.33. The largest absolute Gasteiger partial charge is 0.495 e. The van der Waals surface area contributed by atoms with Gasteiger partial charge in [-0.2, -0.15) is 0 Å². The van der Waals surface area contributed by atoms with Gasteiger partial charge in [0.25, 0.3) is 15.9 Å². The van der Waals surface area contributed by atoms with Gasteiger partial charge in [0.1, 0.15) is 5.75 Å². The molecule has 0 aromatic heterocycles. The number of sulfonamides is 1. The Balaban J connectivity index is 1.80. The highest BCUT2D eigenvalue weighted by atomic mass is 35.5. The molecular weight excluding hydrogens is 424 g/mol. The van der Waals surface area contributed by atoms with Crippen molar-refractivity contribution in [2.45, 2.75) is 0 Å². The van der Waals surface area contributed by atoms with Gasteiger partial charge in [0.05, 0.1) is 29.5 Å². The van der Waals surface area contributed by atoms with Crippen molar-refractivity contribution in [1.82, 2.24) is 0 Å². The summed E-state index contributed by atoms with van der Waals surface area (Å²) < 4.78 is 32.7. The first kappa shape index (κ1) is 21.4. The van der Waals surface area contributed by atoms with Crippen molar-refractivity contribution >= 4 is 45.0 Å². The molecule has 0 radical (unpaired) electrons. The van der Waals surface area contributed by atoms with E-state index >= 15 is 0 Å². The number of benzene rings is 3. The van der Waals surface area contributed by atoms with Crippen molar-refractivity contribution in [1.29, 1.82) is 0 Å². The Morgan fingerprint density at radius 3 is 2.27 bits per heavy atom. The third kappa shape index (κ3) is 5.62. The molecule has 0 saturated carbocycles. The minimum absolute atomic E-state index is 0.158. The smallest absolute Gasteiger partial charge is 0.257 e. The van der Waals surface area contributed by atoms with E-state index in [0.29, 0.717) is 22.0 Å². The van der Waals surface area contributed by atoms with Gasteiger partial charge in [-0.15, -0.1) is 0 Å². The van der Waals surface area contributed by atoms with Gasteiger partial charge in [0, 0.05) is 5.02 Å². The molecule has 1 amide bonds. The average Bonchev–Trinajstić information content (AvgIpc) is 2.74. The molecule has 0 atom stereocenters. The molecule has 0 saturated heterocycles. The Morgan fingerprint density at radius 1 is 0.933 bits per heavy atom. The fraction of sp³-hybridized carbons (Fsp3) is 0.0455. The van der Waals surface area contributed by atoms with Gasteiger partial charge < -0.3 is 10.1 Å². The molecule has 0 heterocycles. The number of halogens is 1. The number of anilines is 2. The predicted molar refractivity (Wildman–Crippen MR) is 120 cm³/mol. The first-order valence-electron chi connectivity index (χ1n) is 8.88. The summed E-state index contributed by atoms with van der Waals surface area (Å²) in [7, 11) is -2.35. The SMILES string of the molecule is COc1ccccc1NC(=O)c1ccccc1NS(=O)(=O)/C=C/c1ccc(Cl)cc1. The van der Waals surface area contributed by atoms with Crippen LogP contribution < -0.4 is 14.8 Å². The van der Waals surface area contributed by atoms with Gasteiger partial charge in [0.2, 0.25) is 0 Å². The van der Waals surface area contributed by atoms with Crippen LogP contribution >= 0.6 is 11.6 Å². The van der Waals surface area contributed by atoms with Gasteiger partial charge in [-0.1, -0.05) is 48.0 Å². The van der Waals surface area contributed by atoms with Gasteiger partial charge in [-0.05, 0) is 48.0 Å². The fourth-order valence-corrected chi connectivity index (χ4v) is 3.65. The molecule has 3 aromatic rings. The van der Waals surface area contributed by atoms with Crippen molar-refractivity contribution in [3.05, 3.63) is 94.4 Å². The third-order valence-corrected chi connectivity index (χ3v) is 5.34. The zero-order chi connectivity index (χ0) is 21.6. The standard InChI is InChI=1S/C22H19ClN2O4S/c1-29-21-9-5-4-8-20(21)24-22(26)18-6-2-3-7-19(18)25-30(27,28)15-14-16-10-12-17(23)13-11-16/h2-15,25H,1H3,(H,24,26)/b15-14+. The molecule has 3 aromatic carbocycles. The Kier molecular flexibility index (Phi) is 6.76. The van der Waals surface area contributed by atoms with Crippen molar-refractivity contribution in [2.24, 2.45) is 0 Å². The molecule has 6 nitrogen and oxygen atoms in total. The van der Waals surface area contributed by atoms with Crippen molar-refractivity contribution in [3.63, 3.8) is 0 Å². The molecule has 2 N–H and O–H groups in total. The van der Waals surface area contributed by atoms with Crippen LogP contribution in [0.1, 0.15) is 15.9 Å². The van der Waals surface area contributed by atoms with Crippen molar-refractivity contribution < 1.29 is 17.9 Å². The van der Waals surface area contributed by atoms with Crippen molar-refractivity contribution in [2.75, 3.05) is 17.1 Å². The topological polar surface area (TPSA) is 84.5 Å². The van der Waals surface area contributed by atoms with Crippen LogP contribution in [0.25, 0.3) is 6.08 Å². The lowest BCUT2D eigenvalue weighted by Gasteiger charge is -2.13. The van der Waals surface area contributed by atoms with E-state index in [-0.39, 0.29) is 11.3 Å². The molecule has 8 heteroatoms. The minimum Gasteiger partial charge on any atom is -0.495 e. The van der Waals surface area contributed by atoms with Crippen LogP contribution in [0.5, 0.6) is 5.75 Å². The minimum atomic E-state index is -3.85. The lowest BCUT2D eigenvalue weighted by molar-refractivity contribution is 0.102. The number of methoxy groups -OCH3 is 1. The summed E-state index contributed by atoms with van der Waals surface area (Å²) >= 11 is 5.83. The molecule has 0 unspecified atom stereocenters. The van der Waals surface area contributed by atoms with E-state index in [2.05, 4.69) is 10.0 Å². The molecule has 30 heavy (non-hydrogen) atoms. The summed E-state index contributed by atoms with van der Waals surface area (Å²) in [5.41, 5.74) is 1.48. The number of ether oxygens (including phenoxy) is 1. The van der Waals surface area contributed by atoms with E-state index in [1.54, 1.807) is 60.7 Å². The van der Waals surface area contributed by atoms with E-state index < -0.39 is 15.9 Å². The number of hydrogen-bond donors (Lipinski definition) is 2. The second-order valence-electron chi connectivity index (χ2n) is 6.20. The van der Waals surface area contributed by atoms with E-state index in [1.165, 1.54) is 25.3 Å². The van der Waals surface area contributed by atoms with E-state index in [0.717, 1.165) is 5.41 Å². The maximum Gasteiger partial charge on any atom is 0.257 e. The number of rotatable bonds is 7. The zero-order valence-corrected chi connectivity index (χ0v) is 17.6. The fourth-order valence-electron chi connectivity index (χ4n) is 2.64. The molecule has 154 valence electrons. The maximum atomic E-state index is 12.8. The predicted octanol–water partition coefficient (Wildman–Crippen LogP) is 5.01. The van der Waals surface area contributed by atoms with Crippen LogP contribution in [0.3, 0.4) is 0 Å². The molecule has 0 aliphatic carbocycles. The number of para-hydroxylation sites is 3. The Hall–Kier alpha value is -3.29. The van der Waals surface area contributed by atoms with Gasteiger partial charge >= 0.3 is 0 Å². The van der Waals surface area contributed by atoms with Crippen LogP contribution in [0.15, 0.2) is 78.2 Å². The summed E-state index contributed by atoms with van der Waals surface area (Å²) in [4.78, 5) is 12.8. The van der Waals surface area contributed by atoms with E-state index in [9.17, 15) is 13.2 Å². The quantitative estimate of drug-likeness (QED) is 0.538. The summed E-state index contributed by atoms with van der Waals surface area (Å²) in [6.07, 6.45) is 1.44. The lowest BCUT2D eigenvalue weighted by Crippen LogP contribution is -2.17. The normalized spacial score (nSPS) is 11.3. The van der Waals surface area contributed by atoms with Gasteiger partial charge in [-0.25, -0.2) is 8.42 Å². The molecule has 0 aliphatic heterocycles. The number of carbonyl (C=O) groups is 1. The maximum absolute atomic E-state index is 12.8. The van der Waals surface area contributed by atoms with E-state index in [4.69, 9.17) is 16.3 Å². The molecule has 0 aliphatic rings. The highest BCUT2D eigenvalue weighted by molar-refractivity contribution is 7.95. The Morgan fingerprint density at radius 2 is 1.57 bits per heavy atom. The summed E-state index contributed by atoms with van der Waals surface area (Å²) in [6.45, 7) is 0. The summed E-state index contributed by atoms with van der Waals surface area (Å²) in [5.74, 6) is 0.0225. The molecule has 0 fully saturated rings. The molecule has 0 spiro atoms. The first-order valence-corrected chi connectivity index (χ1v) is 10.8. The molecular formula is C22H19ClN2O4S. The highest BCUT2D eigenvalue weighted by Gasteiger charge is 2.16. The number of amides is 1. The molecule has 0 bridgehead atoms. The monoisotopic (exact) mass is 442 g/mol. The lowest BCUT2D eigenvalue weighted by atomic mass is 10.1. The molecule has 3 rings (SSSR count). The highest BCUT2D eigenvalue weighted by Crippen LogP contribution is 2.25. The Bertz CT molecular complexity index is 1180.